The van der Waals surface area contributed by atoms with Crippen molar-refractivity contribution >= 4 is 11.6 Å². The fourth-order valence-corrected chi connectivity index (χ4v) is 3.78. The number of nitrogens with zero attached hydrogens (tertiary/aromatic N) is 1. The van der Waals surface area contributed by atoms with Gasteiger partial charge in [-0.05, 0) is 68.0 Å². The van der Waals surface area contributed by atoms with Gasteiger partial charge >= 0.3 is 0 Å². The van der Waals surface area contributed by atoms with Crippen LogP contribution >= 0.6 is 11.6 Å². The van der Waals surface area contributed by atoms with Gasteiger partial charge in [0.15, 0.2) is 0 Å². The molecule has 1 aliphatic rings. The number of aromatic nitrogens is 1. The lowest BCUT2D eigenvalue weighted by Gasteiger charge is -2.38. The van der Waals surface area contributed by atoms with Gasteiger partial charge in [-0.25, -0.2) is 0 Å². The van der Waals surface area contributed by atoms with Crippen molar-refractivity contribution in [3.8, 4) is 0 Å². The zero-order valence-electron chi connectivity index (χ0n) is 13.6. The molecule has 3 unspecified atom stereocenters. The molecule has 0 saturated heterocycles. The van der Waals surface area contributed by atoms with Crippen LogP contribution in [0.1, 0.15) is 52.0 Å². The van der Waals surface area contributed by atoms with Crippen LogP contribution in [0.25, 0.3) is 0 Å². The highest BCUT2D eigenvalue weighted by Gasteiger charge is 2.31. The molecular weight excluding hydrogens is 280 g/mol. The Morgan fingerprint density at radius 3 is 2.86 bits per heavy atom. The molecule has 1 aromatic heterocycles. The first-order valence-electron chi connectivity index (χ1n) is 8.43. The van der Waals surface area contributed by atoms with Crippen molar-refractivity contribution in [1.29, 1.82) is 0 Å². The van der Waals surface area contributed by atoms with E-state index in [4.69, 9.17) is 11.6 Å². The number of hydrogen-bond acceptors (Lipinski definition) is 2. The molecule has 0 bridgehead atoms. The van der Waals surface area contributed by atoms with Crippen molar-refractivity contribution in [3.05, 3.63) is 29.0 Å². The van der Waals surface area contributed by atoms with Crippen molar-refractivity contribution < 1.29 is 0 Å². The van der Waals surface area contributed by atoms with E-state index in [0.29, 0.717) is 12.0 Å². The molecule has 1 fully saturated rings. The number of pyridine rings is 1. The predicted molar refractivity (Wildman–Crippen MR) is 90.7 cm³/mol. The molecule has 0 amide bonds. The monoisotopic (exact) mass is 308 g/mol. The molecule has 1 saturated carbocycles. The third-order valence-corrected chi connectivity index (χ3v) is 5.30. The van der Waals surface area contributed by atoms with E-state index in [9.17, 15) is 0 Å². The molecule has 3 heteroatoms. The Kier molecular flexibility index (Phi) is 6.50. The topological polar surface area (TPSA) is 24.9 Å². The molecule has 0 aromatic carbocycles. The summed E-state index contributed by atoms with van der Waals surface area (Å²) in [6.07, 6.45) is 9.89. The molecule has 2 nitrogen and oxygen atoms in total. The highest BCUT2D eigenvalue weighted by molar-refractivity contribution is 6.31. The largest absolute Gasteiger partial charge is 0.314 e. The highest BCUT2D eigenvalue weighted by atomic mass is 35.5. The van der Waals surface area contributed by atoms with Crippen LogP contribution in [0.5, 0.6) is 0 Å². The van der Waals surface area contributed by atoms with Crippen molar-refractivity contribution in [2.24, 2.45) is 17.8 Å². The summed E-state index contributed by atoms with van der Waals surface area (Å²) in [7, 11) is 0. The second-order valence-corrected chi connectivity index (χ2v) is 7.22. The number of nitrogens with one attached hydrogen (secondary N) is 1. The van der Waals surface area contributed by atoms with Crippen molar-refractivity contribution in [2.75, 3.05) is 6.54 Å². The van der Waals surface area contributed by atoms with Gasteiger partial charge < -0.3 is 5.32 Å². The van der Waals surface area contributed by atoms with Crippen LogP contribution in [0.4, 0.5) is 0 Å². The van der Waals surface area contributed by atoms with Gasteiger partial charge in [-0.3, -0.25) is 4.98 Å². The van der Waals surface area contributed by atoms with Crippen LogP contribution in [0, 0.1) is 17.8 Å². The maximum atomic E-state index is 6.31. The second-order valence-electron chi connectivity index (χ2n) is 6.81. The Bertz CT molecular complexity index is 433. The minimum atomic E-state index is 0.643. The first-order valence-corrected chi connectivity index (χ1v) is 8.81. The Labute approximate surface area is 134 Å². The van der Waals surface area contributed by atoms with Crippen LogP contribution in [0.15, 0.2) is 18.5 Å². The first kappa shape index (κ1) is 16.8. The molecule has 0 spiro atoms. The summed E-state index contributed by atoms with van der Waals surface area (Å²) in [5, 5.41) is 4.58. The van der Waals surface area contributed by atoms with Gasteiger partial charge in [-0.15, -0.1) is 0 Å². The number of hydrogen-bond donors (Lipinski definition) is 1. The standard InChI is InChI=1S/C18H29ClN2/c1-4-8-21-18-6-5-14(13(2)3)10-16(18)11-15-7-9-20-12-17(15)19/h7,9,12-14,16,18,21H,4-6,8,10-11H2,1-3H3. The van der Waals surface area contributed by atoms with Gasteiger partial charge in [0.25, 0.3) is 0 Å². The molecule has 1 N–H and O–H groups in total. The molecule has 1 aliphatic carbocycles. The summed E-state index contributed by atoms with van der Waals surface area (Å²) in [6, 6.07) is 2.72. The molecule has 2 rings (SSSR count). The Balaban J connectivity index is 2.07. The van der Waals surface area contributed by atoms with E-state index in [2.05, 4.69) is 37.1 Å². The molecule has 118 valence electrons. The van der Waals surface area contributed by atoms with E-state index in [1.807, 2.05) is 6.20 Å². The van der Waals surface area contributed by atoms with Gasteiger partial charge in [0.1, 0.15) is 0 Å². The maximum Gasteiger partial charge on any atom is 0.0621 e. The molecule has 1 aromatic rings. The van der Waals surface area contributed by atoms with Crippen LogP contribution in [0.3, 0.4) is 0 Å². The van der Waals surface area contributed by atoms with Crippen LogP contribution in [-0.2, 0) is 6.42 Å². The zero-order valence-corrected chi connectivity index (χ0v) is 14.4. The van der Waals surface area contributed by atoms with E-state index >= 15 is 0 Å². The Morgan fingerprint density at radius 1 is 1.38 bits per heavy atom. The van der Waals surface area contributed by atoms with Gasteiger partial charge in [-0.1, -0.05) is 32.4 Å². The van der Waals surface area contributed by atoms with Crippen molar-refractivity contribution in [1.82, 2.24) is 10.3 Å². The quantitative estimate of drug-likeness (QED) is 0.822. The summed E-state index contributed by atoms with van der Waals surface area (Å²) in [5.41, 5.74) is 1.25. The molecule has 0 radical (unpaired) electrons. The van der Waals surface area contributed by atoms with E-state index in [0.717, 1.165) is 29.8 Å². The molecule has 3 atom stereocenters. The lowest BCUT2D eigenvalue weighted by atomic mass is 9.71. The fraction of sp³-hybridized carbons (Fsp3) is 0.722. The summed E-state index contributed by atoms with van der Waals surface area (Å²) < 4.78 is 0. The van der Waals surface area contributed by atoms with E-state index in [-0.39, 0.29) is 0 Å². The minimum Gasteiger partial charge on any atom is -0.314 e. The summed E-state index contributed by atoms with van der Waals surface area (Å²) >= 11 is 6.31. The van der Waals surface area contributed by atoms with Gasteiger partial charge in [0, 0.05) is 18.4 Å². The number of halogens is 1. The first-order chi connectivity index (χ1) is 10.1. The zero-order chi connectivity index (χ0) is 15.2. The average molecular weight is 309 g/mol. The molecule has 1 heterocycles. The number of rotatable bonds is 6. The van der Waals surface area contributed by atoms with Crippen LogP contribution < -0.4 is 5.32 Å². The Morgan fingerprint density at radius 2 is 2.19 bits per heavy atom. The SMILES string of the molecule is CCCNC1CCC(C(C)C)CC1Cc1ccncc1Cl. The Hall–Kier alpha value is -0.600. The predicted octanol–water partition coefficient (Wildman–Crippen LogP) is 4.72. The lowest BCUT2D eigenvalue weighted by molar-refractivity contribution is 0.167. The normalized spacial score (nSPS) is 26.2. The van der Waals surface area contributed by atoms with E-state index < -0.39 is 0 Å². The third kappa shape index (κ3) is 4.69. The van der Waals surface area contributed by atoms with Gasteiger partial charge in [0.05, 0.1) is 5.02 Å². The smallest absolute Gasteiger partial charge is 0.0621 e. The summed E-state index contributed by atoms with van der Waals surface area (Å²) in [6.45, 7) is 8.08. The molecule has 0 aliphatic heterocycles. The minimum absolute atomic E-state index is 0.643. The van der Waals surface area contributed by atoms with E-state index in [1.54, 1.807) is 6.20 Å². The second kappa shape index (κ2) is 8.14. The third-order valence-electron chi connectivity index (χ3n) is 4.96. The summed E-state index contributed by atoms with van der Waals surface area (Å²) in [4.78, 5) is 4.10. The lowest BCUT2D eigenvalue weighted by Crippen LogP contribution is -2.42. The van der Waals surface area contributed by atoms with Crippen LogP contribution in [-0.4, -0.2) is 17.6 Å². The van der Waals surface area contributed by atoms with Crippen molar-refractivity contribution in [3.63, 3.8) is 0 Å². The maximum absolute atomic E-state index is 6.31. The van der Waals surface area contributed by atoms with Gasteiger partial charge in [0.2, 0.25) is 0 Å². The van der Waals surface area contributed by atoms with Gasteiger partial charge in [-0.2, -0.15) is 0 Å². The molecular formula is C18H29ClN2. The van der Waals surface area contributed by atoms with Crippen LogP contribution in [0.2, 0.25) is 5.02 Å². The highest BCUT2D eigenvalue weighted by Crippen LogP contribution is 2.36. The van der Waals surface area contributed by atoms with Crippen molar-refractivity contribution in [2.45, 2.75) is 58.9 Å². The summed E-state index contributed by atoms with van der Waals surface area (Å²) in [5.74, 6) is 2.33. The molecule has 21 heavy (non-hydrogen) atoms. The fourth-order valence-electron chi connectivity index (χ4n) is 3.58. The van der Waals surface area contributed by atoms with E-state index in [1.165, 1.54) is 31.2 Å². The average Bonchev–Trinajstić information content (AvgIpc) is 2.48.